The van der Waals surface area contributed by atoms with Gasteiger partial charge in [0.1, 0.15) is 0 Å². The highest BCUT2D eigenvalue weighted by molar-refractivity contribution is 7.99. The first-order valence-electron chi connectivity index (χ1n) is 5.88. The van der Waals surface area contributed by atoms with Gasteiger partial charge >= 0.3 is 0 Å². The molecule has 2 rings (SSSR count). The van der Waals surface area contributed by atoms with Gasteiger partial charge in [-0.3, -0.25) is 0 Å². The van der Waals surface area contributed by atoms with Gasteiger partial charge < -0.3 is 10.6 Å². The molecule has 88 valence electrons. The average molecular weight is 236 g/mol. The number of para-hydroxylation sites is 1. The fourth-order valence-corrected chi connectivity index (χ4v) is 3.71. The fraction of sp³-hybridized carbons (Fsp3) is 0.538. The SMILES string of the molecule is CN(c1ccccc1)C(CN)C1CCSC1. The monoisotopic (exact) mass is 236 g/mol. The van der Waals surface area contributed by atoms with E-state index in [0.29, 0.717) is 6.04 Å². The van der Waals surface area contributed by atoms with Crippen LogP contribution in [0.5, 0.6) is 0 Å². The molecule has 0 aliphatic carbocycles. The maximum absolute atomic E-state index is 5.94. The van der Waals surface area contributed by atoms with Gasteiger partial charge in [0.25, 0.3) is 0 Å². The largest absolute Gasteiger partial charge is 0.370 e. The van der Waals surface area contributed by atoms with Gasteiger partial charge in [-0.2, -0.15) is 11.8 Å². The summed E-state index contributed by atoms with van der Waals surface area (Å²) in [5, 5.41) is 0. The summed E-state index contributed by atoms with van der Waals surface area (Å²) in [4.78, 5) is 2.34. The van der Waals surface area contributed by atoms with E-state index in [1.54, 1.807) is 0 Å². The van der Waals surface area contributed by atoms with Crippen LogP contribution >= 0.6 is 11.8 Å². The molecular formula is C13H20N2S. The zero-order valence-corrected chi connectivity index (χ0v) is 10.6. The molecule has 0 radical (unpaired) electrons. The van der Waals surface area contributed by atoms with Gasteiger partial charge in [-0.1, -0.05) is 18.2 Å². The molecule has 0 amide bonds. The summed E-state index contributed by atoms with van der Waals surface area (Å²) in [6.07, 6.45) is 1.31. The van der Waals surface area contributed by atoms with Crippen LogP contribution in [-0.4, -0.2) is 31.1 Å². The minimum atomic E-state index is 0.484. The van der Waals surface area contributed by atoms with Gasteiger partial charge in [-0.05, 0) is 36.0 Å². The third-order valence-electron chi connectivity index (χ3n) is 3.41. The number of hydrogen-bond donors (Lipinski definition) is 1. The lowest BCUT2D eigenvalue weighted by Crippen LogP contribution is -2.43. The quantitative estimate of drug-likeness (QED) is 0.869. The van der Waals surface area contributed by atoms with Crippen LogP contribution in [-0.2, 0) is 0 Å². The number of nitrogens with zero attached hydrogens (tertiary/aromatic N) is 1. The molecule has 2 atom stereocenters. The number of nitrogens with two attached hydrogens (primary N) is 1. The van der Waals surface area contributed by atoms with E-state index < -0.39 is 0 Å². The Kier molecular flexibility index (Phi) is 4.13. The first-order chi connectivity index (χ1) is 7.83. The van der Waals surface area contributed by atoms with E-state index >= 15 is 0 Å². The highest BCUT2D eigenvalue weighted by Crippen LogP contribution is 2.29. The van der Waals surface area contributed by atoms with Crippen LogP contribution in [0.15, 0.2) is 30.3 Å². The predicted molar refractivity (Wildman–Crippen MR) is 73.1 cm³/mol. The summed E-state index contributed by atoms with van der Waals surface area (Å²) < 4.78 is 0. The molecule has 0 spiro atoms. The van der Waals surface area contributed by atoms with E-state index in [2.05, 4.69) is 54.0 Å². The Morgan fingerprint density at radius 1 is 1.44 bits per heavy atom. The van der Waals surface area contributed by atoms with Gasteiger partial charge in [0, 0.05) is 25.3 Å². The minimum absolute atomic E-state index is 0.484. The standard InChI is InChI=1S/C13H20N2S/c1-15(12-5-3-2-4-6-12)13(9-14)11-7-8-16-10-11/h2-6,11,13H,7-10,14H2,1H3. The fourth-order valence-electron chi connectivity index (χ4n) is 2.38. The van der Waals surface area contributed by atoms with Crippen molar-refractivity contribution in [1.29, 1.82) is 0 Å². The Balaban J connectivity index is 2.08. The molecule has 2 unspecified atom stereocenters. The normalized spacial score (nSPS) is 22.0. The highest BCUT2D eigenvalue weighted by atomic mass is 32.2. The van der Waals surface area contributed by atoms with E-state index in [1.165, 1.54) is 23.6 Å². The zero-order valence-electron chi connectivity index (χ0n) is 9.80. The second kappa shape index (κ2) is 5.60. The van der Waals surface area contributed by atoms with Crippen molar-refractivity contribution in [2.45, 2.75) is 12.5 Å². The molecule has 1 aromatic rings. The molecule has 1 fully saturated rings. The lowest BCUT2D eigenvalue weighted by molar-refractivity contribution is 0.454. The van der Waals surface area contributed by atoms with Crippen LogP contribution in [0.1, 0.15) is 6.42 Å². The predicted octanol–water partition coefficient (Wildman–Crippen LogP) is 2.20. The summed E-state index contributed by atoms with van der Waals surface area (Å²) in [7, 11) is 2.16. The number of likely N-dealkylation sites (N-methyl/N-ethyl adjacent to an activating group) is 1. The molecule has 1 aliphatic heterocycles. The Labute approximate surface area is 102 Å². The van der Waals surface area contributed by atoms with Crippen molar-refractivity contribution in [1.82, 2.24) is 0 Å². The Morgan fingerprint density at radius 3 is 2.75 bits per heavy atom. The molecule has 3 heteroatoms. The van der Waals surface area contributed by atoms with Crippen LogP contribution in [0, 0.1) is 5.92 Å². The first kappa shape index (κ1) is 11.8. The minimum Gasteiger partial charge on any atom is -0.370 e. The van der Waals surface area contributed by atoms with E-state index in [0.717, 1.165) is 12.5 Å². The van der Waals surface area contributed by atoms with Crippen molar-refractivity contribution in [2.24, 2.45) is 11.7 Å². The Hall–Kier alpha value is -0.670. The maximum atomic E-state index is 5.94. The van der Waals surface area contributed by atoms with E-state index in [-0.39, 0.29) is 0 Å². The molecule has 16 heavy (non-hydrogen) atoms. The number of hydrogen-bond acceptors (Lipinski definition) is 3. The molecule has 0 saturated carbocycles. The molecule has 0 aromatic heterocycles. The van der Waals surface area contributed by atoms with Crippen molar-refractivity contribution >= 4 is 17.4 Å². The van der Waals surface area contributed by atoms with Crippen molar-refractivity contribution in [3.8, 4) is 0 Å². The van der Waals surface area contributed by atoms with Gasteiger partial charge in [0.05, 0.1) is 0 Å². The number of thioether (sulfide) groups is 1. The zero-order chi connectivity index (χ0) is 11.4. The van der Waals surface area contributed by atoms with Gasteiger partial charge in [0.15, 0.2) is 0 Å². The van der Waals surface area contributed by atoms with E-state index in [4.69, 9.17) is 5.73 Å². The van der Waals surface area contributed by atoms with Crippen LogP contribution in [0.25, 0.3) is 0 Å². The summed E-state index contributed by atoms with van der Waals surface area (Å²) >= 11 is 2.06. The van der Waals surface area contributed by atoms with Crippen LogP contribution in [0.4, 0.5) is 5.69 Å². The molecular weight excluding hydrogens is 216 g/mol. The van der Waals surface area contributed by atoms with Crippen molar-refractivity contribution in [2.75, 3.05) is 30.0 Å². The van der Waals surface area contributed by atoms with Crippen LogP contribution < -0.4 is 10.6 Å². The topological polar surface area (TPSA) is 29.3 Å². The second-order valence-corrected chi connectivity index (χ2v) is 5.52. The molecule has 1 heterocycles. The number of benzene rings is 1. The lowest BCUT2D eigenvalue weighted by Gasteiger charge is -2.33. The third-order valence-corrected chi connectivity index (χ3v) is 4.60. The third kappa shape index (κ3) is 2.53. The van der Waals surface area contributed by atoms with E-state index in [1.807, 2.05) is 0 Å². The van der Waals surface area contributed by atoms with Crippen molar-refractivity contribution < 1.29 is 0 Å². The van der Waals surface area contributed by atoms with Crippen LogP contribution in [0.2, 0.25) is 0 Å². The molecule has 1 saturated heterocycles. The smallest absolute Gasteiger partial charge is 0.0445 e. The average Bonchev–Trinajstić information content (AvgIpc) is 2.85. The molecule has 0 bridgehead atoms. The number of anilines is 1. The molecule has 2 N–H and O–H groups in total. The van der Waals surface area contributed by atoms with Gasteiger partial charge in [-0.15, -0.1) is 0 Å². The lowest BCUT2D eigenvalue weighted by atomic mass is 9.97. The van der Waals surface area contributed by atoms with Gasteiger partial charge in [-0.25, -0.2) is 0 Å². The van der Waals surface area contributed by atoms with Crippen molar-refractivity contribution in [3.05, 3.63) is 30.3 Å². The Bertz CT molecular complexity index is 309. The maximum Gasteiger partial charge on any atom is 0.0445 e. The summed E-state index contributed by atoms with van der Waals surface area (Å²) in [5.74, 6) is 3.31. The van der Waals surface area contributed by atoms with Crippen molar-refractivity contribution in [3.63, 3.8) is 0 Å². The van der Waals surface area contributed by atoms with Gasteiger partial charge in [0.2, 0.25) is 0 Å². The molecule has 1 aromatic carbocycles. The molecule has 1 aliphatic rings. The summed E-state index contributed by atoms with van der Waals surface area (Å²) in [5.41, 5.74) is 7.21. The second-order valence-electron chi connectivity index (χ2n) is 4.37. The Morgan fingerprint density at radius 2 is 2.19 bits per heavy atom. The summed E-state index contributed by atoms with van der Waals surface area (Å²) in [6, 6.07) is 11.0. The van der Waals surface area contributed by atoms with Crippen LogP contribution in [0.3, 0.4) is 0 Å². The number of rotatable bonds is 4. The first-order valence-corrected chi connectivity index (χ1v) is 7.04. The molecule has 2 nitrogen and oxygen atoms in total. The van der Waals surface area contributed by atoms with E-state index in [9.17, 15) is 0 Å². The highest BCUT2D eigenvalue weighted by Gasteiger charge is 2.27. The summed E-state index contributed by atoms with van der Waals surface area (Å²) in [6.45, 7) is 0.747.